The van der Waals surface area contributed by atoms with Gasteiger partial charge in [-0.15, -0.1) is 0 Å². The lowest BCUT2D eigenvalue weighted by Gasteiger charge is -2.07. The van der Waals surface area contributed by atoms with Crippen molar-refractivity contribution in [2.75, 3.05) is 6.61 Å². The van der Waals surface area contributed by atoms with E-state index in [-0.39, 0.29) is 0 Å². The first-order valence-electron chi connectivity index (χ1n) is 5.87. The predicted octanol–water partition coefficient (Wildman–Crippen LogP) is 2.42. The van der Waals surface area contributed by atoms with Gasteiger partial charge in [0.2, 0.25) is 0 Å². The fourth-order valence-electron chi connectivity index (χ4n) is 1.64. The molecule has 2 aromatic rings. The van der Waals surface area contributed by atoms with Crippen molar-refractivity contribution in [1.82, 2.24) is 9.78 Å². The molecule has 0 saturated carbocycles. The number of aryl methyl sites for hydroxylation is 1. The number of hydrogen-bond acceptors (Lipinski definition) is 3. The maximum atomic E-state index is 5.68. The van der Waals surface area contributed by atoms with E-state index in [1.165, 1.54) is 0 Å². The van der Waals surface area contributed by atoms with E-state index in [1.807, 2.05) is 41.3 Å². The minimum atomic E-state index is 0.545. The van der Waals surface area contributed by atoms with E-state index in [2.05, 4.69) is 27.7 Å². The zero-order valence-electron chi connectivity index (χ0n) is 10.1. The molecule has 1 aromatic heterocycles. The second kappa shape index (κ2) is 6.75. The van der Waals surface area contributed by atoms with Crippen LogP contribution in [0.5, 0.6) is 5.75 Å². The number of hydrogen-bond donors (Lipinski definition) is 1. The van der Waals surface area contributed by atoms with E-state index in [0.29, 0.717) is 13.2 Å². The second-order valence-electron chi connectivity index (χ2n) is 3.98. The number of ether oxygens (including phenoxy) is 1. The van der Waals surface area contributed by atoms with Gasteiger partial charge in [-0.05, 0) is 40.3 Å². The summed E-state index contributed by atoms with van der Waals surface area (Å²) in [6.45, 7) is 2.10. The van der Waals surface area contributed by atoms with Crippen molar-refractivity contribution < 1.29 is 4.74 Å². The highest BCUT2D eigenvalue weighted by molar-refractivity contribution is 14.1. The Morgan fingerprint density at radius 1 is 1.39 bits per heavy atom. The summed E-state index contributed by atoms with van der Waals surface area (Å²) >= 11 is 2.25. The Morgan fingerprint density at radius 2 is 2.28 bits per heavy atom. The largest absolute Gasteiger partial charge is 0.494 e. The molecule has 0 unspecified atom stereocenters. The van der Waals surface area contributed by atoms with Gasteiger partial charge in [-0.25, -0.2) is 0 Å². The summed E-state index contributed by atoms with van der Waals surface area (Å²) < 4.78 is 8.77. The van der Waals surface area contributed by atoms with Crippen LogP contribution in [0.4, 0.5) is 0 Å². The third-order valence-corrected chi connectivity index (χ3v) is 3.09. The van der Waals surface area contributed by atoms with Crippen molar-refractivity contribution in [1.29, 1.82) is 0 Å². The van der Waals surface area contributed by atoms with E-state index in [9.17, 15) is 0 Å². The Hall–Kier alpha value is -1.08. The molecule has 96 valence electrons. The molecule has 0 aliphatic rings. The topological polar surface area (TPSA) is 53.1 Å². The summed E-state index contributed by atoms with van der Waals surface area (Å²) in [5.74, 6) is 0.882. The van der Waals surface area contributed by atoms with Crippen LogP contribution >= 0.6 is 22.6 Å². The van der Waals surface area contributed by atoms with Crippen LogP contribution in [0.1, 0.15) is 12.0 Å². The minimum Gasteiger partial charge on any atom is -0.494 e. The molecule has 0 atom stereocenters. The highest BCUT2D eigenvalue weighted by Crippen LogP contribution is 2.13. The molecule has 0 radical (unpaired) electrons. The molecule has 18 heavy (non-hydrogen) atoms. The van der Waals surface area contributed by atoms with Crippen LogP contribution in [-0.2, 0) is 13.1 Å². The number of benzene rings is 1. The Labute approximate surface area is 120 Å². The lowest BCUT2D eigenvalue weighted by atomic mass is 10.2. The summed E-state index contributed by atoms with van der Waals surface area (Å²) in [5.41, 5.74) is 6.68. The lowest BCUT2D eigenvalue weighted by Crippen LogP contribution is -2.05. The molecule has 0 bridgehead atoms. The van der Waals surface area contributed by atoms with Gasteiger partial charge in [0, 0.05) is 25.7 Å². The van der Waals surface area contributed by atoms with E-state index in [1.54, 1.807) is 0 Å². The molecule has 5 heteroatoms. The maximum Gasteiger partial charge on any atom is 0.119 e. The number of rotatable bonds is 6. The Bertz CT molecular complexity index is 498. The average Bonchev–Trinajstić information content (AvgIpc) is 2.81. The molecule has 0 aliphatic carbocycles. The van der Waals surface area contributed by atoms with Crippen LogP contribution < -0.4 is 10.5 Å². The first-order chi connectivity index (χ1) is 8.78. The minimum absolute atomic E-state index is 0.545. The lowest BCUT2D eigenvalue weighted by molar-refractivity contribution is 0.298. The molecule has 2 rings (SSSR count). The van der Waals surface area contributed by atoms with Crippen LogP contribution in [0.25, 0.3) is 0 Å². The number of nitrogens with two attached hydrogens (primary N) is 1. The molecule has 2 N–H and O–H groups in total. The zero-order valence-corrected chi connectivity index (χ0v) is 12.2. The summed E-state index contributed by atoms with van der Waals surface area (Å²) in [4.78, 5) is 0. The quantitative estimate of drug-likeness (QED) is 0.638. The highest BCUT2D eigenvalue weighted by Gasteiger charge is 1.97. The van der Waals surface area contributed by atoms with Crippen molar-refractivity contribution in [2.45, 2.75) is 19.5 Å². The van der Waals surface area contributed by atoms with Gasteiger partial charge in [-0.1, -0.05) is 12.1 Å². The molecule has 4 nitrogen and oxygen atoms in total. The summed E-state index contributed by atoms with van der Waals surface area (Å²) in [6.07, 6.45) is 4.81. The van der Waals surface area contributed by atoms with Crippen LogP contribution in [0.2, 0.25) is 0 Å². The molecule has 0 spiro atoms. The van der Waals surface area contributed by atoms with Crippen LogP contribution in [0.15, 0.2) is 36.7 Å². The molecule has 0 saturated heterocycles. The van der Waals surface area contributed by atoms with Crippen molar-refractivity contribution in [3.05, 3.63) is 45.8 Å². The van der Waals surface area contributed by atoms with Gasteiger partial charge in [0.05, 0.1) is 16.4 Å². The number of halogens is 1. The smallest absolute Gasteiger partial charge is 0.119 e. The molecule has 1 aromatic carbocycles. The Morgan fingerprint density at radius 3 is 3.00 bits per heavy atom. The summed E-state index contributed by atoms with van der Waals surface area (Å²) in [6, 6.07) is 7.90. The Balaban J connectivity index is 1.74. The highest BCUT2D eigenvalue weighted by atomic mass is 127. The van der Waals surface area contributed by atoms with Crippen molar-refractivity contribution in [3.63, 3.8) is 0 Å². The summed E-state index contributed by atoms with van der Waals surface area (Å²) in [7, 11) is 0. The van der Waals surface area contributed by atoms with Gasteiger partial charge < -0.3 is 10.5 Å². The maximum absolute atomic E-state index is 5.68. The summed E-state index contributed by atoms with van der Waals surface area (Å²) in [5, 5.41) is 4.22. The molecule has 1 heterocycles. The molecule has 0 amide bonds. The third-order valence-electron chi connectivity index (χ3n) is 2.54. The van der Waals surface area contributed by atoms with Gasteiger partial charge >= 0.3 is 0 Å². The molecular formula is C13H16IN3O. The standard InChI is InChI=1S/C13H16IN3O/c14-12-9-16-17(10-12)5-2-6-18-13-4-1-3-11(7-13)8-15/h1,3-4,7,9-10H,2,5-6,8,15H2. The van der Waals surface area contributed by atoms with E-state index in [0.717, 1.165) is 27.8 Å². The van der Waals surface area contributed by atoms with Crippen molar-refractivity contribution in [3.8, 4) is 5.75 Å². The number of nitrogens with zero attached hydrogens (tertiary/aromatic N) is 2. The first kappa shape index (κ1) is 13.4. The first-order valence-corrected chi connectivity index (χ1v) is 6.95. The van der Waals surface area contributed by atoms with Gasteiger partial charge in [-0.2, -0.15) is 5.10 Å². The van der Waals surface area contributed by atoms with Crippen LogP contribution in [-0.4, -0.2) is 16.4 Å². The van der Waals surface area contributed by atoms with Crippen molar-refractivity contribution in [2.24, 2.45) is 5.73 Å². The third kappa shape index (κ3) is 3.99. The van der Waals surface area contributed by atoms with Gasteiger partial charge in [0.25, 0.3) is 0 Å². The fraction of sp³-hybridized carbons (Fsp3) is 0.308. The SMILES string of the molecule is NCc1cccc(OCCCn2cc(I)cn2)c1. The number of aromatic nitrogens is 2. The molecule has 0 fully saturated rings. The van der Waals surface area contributed by atoms with E-state index in [4.69, 9.17) is 10.5 Å². The fourth-order valence-corrected chi connectivity index (χ4v) is 2.09. The van der Waals surface area contributed by atoms with E-state index >= 15 is 0 Å². The van der Waals surface area contributed by atoms with Gasteiger partial charge in [0.15, 0.2) is 0 Å². The van der Waals surface area contributed by atoms with Gasteiger partial charge in [-0.3, -0.25) is 4.68 Å². The Kier molecular flexibility index (Phi) is 5.00. The average molecular weight is 357 g/mol. The predicted molar refractivity (Wildman–Crippen MR) is 79.4 cm³/mol. The normalized spacial score (nSPS) is 10.6. The van der Waals surface area contributed by atoms with Crippen molar-refractivity contribution >= 4 is 22.6 Å². The van der Waals surface area contributed by atoms with Crippen LogP contribution in [0, 0.1) is 3.57 Å². The van der Waals surface area contributed by atoms with Gasteiger partial charge in [0.1, 0.15) is 5.75 Å². The second-order valence-corrected chi connectivity index (χ2v) is 5.22. The monoisotopic (exact) mass is 357 g/mol. The molecular weight excluding hydrogens is 341 g/mol. The molecule has 0 aliphatic heterocycles. The van der Waals surface area contributed by atoms with Crippen LogP contribution in [0.3, 0.4) is 0 Å². The van der Waals surface area contributed by atoms with E-state index < -0.39 is 0 Å². The zero-order chi connectivity index (χ0) is 12.8.